The van der Waals surface area contributed by atoms with Crippen molar-refractivity contribution in [2.24, 2.45) is 11.8 Å². The van der Waals surface area contributed by atoms with Gasteiger partial charge in [0.15, 0.2) is 11.6 Å². The third-order valence-electron chi connectivity index (χ3n) is 4.85. The summed E-state index contributed by atoms with van der Waals surface area (Å²) in [5.74, 6) is -1.01. The van der Waals surface area contributed by atoms with Gasteiger partial charge in [0.05, 0.1) is 12.5 Å². The third kappa shape index (κ3) is 6.01. The molecule has 0 bridgehead atoms. The van der Waals surface area contributed by atoms with E-state index in [1.807, 2.05) is 13.8 Å². The van der Waals surface area contributed by atoms with Gasteiger partial charge in [-0.25, -0.2) is 15.0 Å². The normalized spacial score (nSPS) is 15.1. The fourth-order valence-corrected chi connectivity index (χ4v) is 3.42. The molecule has 1 aliphatic carbocycles. The summed E-state index contributed by atoms with van der Waals surface area (Å²) in [5.41, 5.74) is 4.99. The molecule has 4 N–H and O–H groups in total. The topological polar surface area (TPSA) is 119 Å². The standard InChI is InChI=1S/C18H29FN6O3/c1-3-14-21-16(20-4-2)15(19)17(22-14)23-24-18(27)13(10-25(28)11-26)9-12-7-5-6-8-12/h11-13,28H,3-10H2,1-2H3,(H,24,27)(H2,20,21,22,23)/t13-/m1/s1. The molecule has 1 aromatic heterocycles. The van der Waals surface area contributed by atoms with Crippen LogP contribution in [-0.2, 0) is 16.0 Å². The number of carbonyl (C=O) groups is 2. The highest BCUT2D eigenvalue weighted by Gasteiger charge is 2.27. The van der Waals surface area contributed by atoms with Crippen LogP contribution in [0.25, 0.3) is 0 Å². The number of amides is 2. The predicted molar refractivity (Wildman–Crippen MR) is 102 cm³/mol. The van der Waals surface area contributed by atoms with Crippen molar-refractivity contribution in [3.63, 3.8) is 0 Å². The minimum absolute atomic E-state index is 0.0658. The Balaban J connectivity index is 2.07. The van der Waals surface area contributed by atoms with Crippen LogP contribution in [-0.4, -0.2) is 45.6 Å². The zero-order valence-electron chi connectivity index (χ0n) is 16.4. The monoisotopic (exact) mass is 396 g/mol. The van der Waals surface area contributed by atoms with Crippen LogP contribution in [0.2, 0.25) is 0 Å². The Hall–Kier alpha value is -2.49. The molecule has 1 saturated carbocycles. The van der Waals surface area contributed by atoms with Crippen LogP contribution >= 0.6 is 0 Å². The third-order valence-corrected chi connectivity index (χ3v) is 4.85. The first kappa shape index (κ1) is 21.8. The fourth-order valence-electron chi connectivity index (χ4n) is 3.42. The first-order valence-electron chi connectivity index (χ1n) is 9.75. The lowest BCUT2D eigenvalue weighted by Gasteiger charge is -2.22. The lowest BCUT2D eigenvalue weighted by Crippen LogP contribution is -2.41. The number of nitrogens with zero attached hydrogens (tertiary/aromatic N) is 3. The number of carbonyl (C=O) groups excluding carboxylic acids is 2. The number of nitrogens with one attached hydrogen (secondary N) is 3. The van der Waals surface area contributed by atoms with Crippen LogP contribution in [0.4, 0.5) is 16.0 Å². The van der Waals surface area contributed by atoms with E-state index in [-0.39, 0.29) is 24.6 Å². The Morgan fingerprint density at radius 2 is 2.00 bits per heavy atom. The summed E-state index contributed by atoms with van der Waals surface area (Å²) >= 11 is 0. The maximum Gasteiger partial charge on any atom is 0.243 e. The van der Waals surface area contributed by atoms with Crippen molar-refractivity contribution < 1.29 is 19.2 Å². The van der Waals surface area contributed by atoms with Gasteiger partial charge in [-0.3, -0.25) is 25.6 Å². The quantitative estimate of drug-likeness (QED) is 0.257. The second-order valence-electron chi connectivity index (χ2n) is 6.96. The van der Waals surface area contributed by atoms with Crippen molar-refractivity contribution in [3.05, 3.63) is 11.6 Å². The van der Waals surface area contributed by atoms with Gasteiger partial charge in [-0.15, -0.1) is 0 Å². The molecule has 2 rings (SSSR count). The highest BCUT2D eigenvalue weighted by molar-refractivity contribution is 5.80. The van der Waals surface area contributed by atoms with Gasteiger partial charge in [-0.1, -0.05) is 32.6 Å². The number of halogens is 1. The van der Waals surface area contributed by atoms with Crippen LogP contribution in [0.15, 0.2) is 0 Å². The van der Waals surface area contributed by atoms with Crippen LogP contribution in [0.3, 0.4) is 0 Å². The van der Waals surface area contributed by atoms with Crippen LogP contribution in [0, 0.1) is 17.7 Å². The summed E-state index contributed by atoms with van der Waals surface area (Å²) in [6, 6.07) is 0. The summed E-state index contributed by atoms with van der Waals surface area (Å²) in [6.07, 6.45) is 5.60. The maximum absolute atomic E-state index is 14.5. The largest absolute Gasteiger partial charge is 0.368 e. The van der Waals surface area contributed by atoms with Crippen LogP contribution < -0.4 is 16.2 Å². The van der Waals surface area contributed by atoms with E-state index in [4.69, 9.17) is 0 Å². The Morgan fingerprint density at radius 1 is 1.32 bits per heavy atom. The van der Waals surface area contributed by atoms with Gasteiger partial charge in [0.2, 0.25) is 18.1 Å². The van der Waals surface area contributed by atoms with Gasteiger partial charge in [0.1, 0.15) is 5.82 Å². The second kappa shape index (κ2) is 10.7. The molecule has 1 aromatic rings. The predicted octanol–water partition coefficient (Wildman–Crippen LogP) is 2.10. The van der Waals surface area contributed by atoms with Crippen molar-refractivity contribution in [1.82, 2.24) is 20.5 Å². The molecule has 9 nitrogen and oxygen atoms in total. The van der Waals surface area contributed by atoms with Gasteiger partial charge >= 0.3 is 0 Å². The molecular weight excluding hydrogens is 367 g/mol. The smallest absolute Gasteiger partial charge is 0.243 e. The van der Waals surface area contributed by atoms with Gasteiger partial charge in [-0.05, 0) is 19.3 Å². The molecule has 0 aromatic carbocycles. The SMILES string of the molecule is CCNc1nc(CC)nc(NNC(=O)[C@H](CC2CCCC2)CN(O)C=O)c1F. The number of aromatic nitrogens is 2. The molecule has 1 atom stereocenters. The summed E-state index contributed by atoms with van der Waals surface area (Å²) in [4.78, 5) is 31.5. The first-order valence-corrected chi connectivity index (χ1v) is 9.75. The van der Waals surface area contributed by atoms with Gasteiger partial charge in [0.25, 0.3) is 0 Å². The van der Waals surface area contributed by atoms with Gasteiger partial charge < -0.3 is 5.32 Å². The van der Waals surface area contributed by atoms with Crippen molar-refractivity contribution in [2.75, 3.05) is 23.8 Å². The Bertz CT molecular complexity index is 669. The second-order valence-corrected chi connectivity index (χ2v) is 6.96. The van der Waals surface area contributed by atoms with E-state index in [9.17, 15) is 19.2 Å². The maximum atomic E-state index is 14.5. The number of hydrogen-bond donors (Lipinski definition) is 4. The van der Waals surface area contributed by atoms with E-state index in [0.717, 1.165) is 25.7 Å². The molecule has 2 amide bonds. The Labute approximate surface area is 164 Å². The number of hydroxylamine groups is 2. The molecule has 28 heavy (non-hydrogen) atoms. The highest BCUT2D eigenvalue weighted by Crippen LogP contribution is 2.30. The van der Waals surface area contributed by atoms with Gasteiger partial charge in [-0.2, -0.15) is 4.39 Å². The molecule has 0 saturated heterocycles. The molecule has 1 aliphatic rings. The number of hydrogen-bond acceptors (Lipinski definition) is 7. The molecule has 0 aliphatic heterocycles. The van der Waals surface area contributed by atoms with Crippen LogP contribution in [0.1, 0.15) is 51.8 Å². The zero-order chi connectivity index (χ0) is 20.5. The van der Waals surface area contributed by atoms with E-state index in [1.165, 1.54) is 0 Å². The minimum Gasteiger partial charge on any atom is -0.368 e. The van der Waals surface area contributed by atoms with Crippen molar-refractivity contribution >= 4 is 24.0 Å². The molecule has 0 spiro atoms. The van der Waals surface area contributed by atoms with E-state index < -0.39 is 17.6 Å². The summed E-state index contributed by atoms with van der Waals surface area (Å²) in [5, 5.41) is 12.8. The van der Waals surface area contributed by atoms with E-state index in [0.29, 0.717) is 36.2 Å². The summed E-state index contributed by atoms with van der Waals surface area (Å²) < 4.78 is 14.5. The fraction of sp³-hybridized carbons (Fsp3) is 0.667. The molecule has 0 radical (unpaired) electrons. The molecule has 1 fully saturated rings. The van der Waals surface area contributed by atoms with Crippen LogP contribution in [0.5, 0.6) is 0 Å². The highest BCUT2D eigenvalue weighted by atomic mass is 19.1. The average Bonchev–Trinajstić information content (AvgIpc) is 3.20. The van der Waals surface area contributed by atoms with E-state index >= 15 is 0 Å². The van der Waals surface area contributed by atoms with E-state index in [1.54, 1.807) is 0 Å². The van der Waals surface area contributed by atoms with Crippen molar-refractivity contribution in [3.8, 4) is 0 Å². The number of hydrazine groups is 1. The number of rotatable bonds is 11. The minimum atomic E-state index is -0.691. The molecule has 0 unspecified atom stereocenters. The number of anilines is 2. The molecule has 156 valence electrons. The zero-order valence-corrected chi connectivity index (χ0v) is 16.4. The Kier molecular flexibility index (Phi) is 8.37. The molecular formula is C18H29FN6O3. The average molecular weight is 396 g/mol. The molecule has 1 heterocycles. The first-order chi connectivity index (χ1) is 13.5. The Morgan fingerprint density at radius 3 is 2.61 bits per heavy atom. The molecule has 10 heteroatoms. The van der Waals surface area contributed by atoms with Crippen molar-refractivity contribution in [2.45, 2.75) is 52.4 Å². The lowest BCUT2D eigenvalue weighted by molar-refractivity contribution is -0.154. The summed E-state index contributed by atoms with van der Waals surface area (Å²) in [7, 11) is 0. The van der Waals surface area contributed by atoms with Gasteiger partial charge in [0, 0.05) is 13.0 Å². The summed E-state index contributed by atoms with van der Waals surface area (Å²) in [6.45, 7) is 4.04. The lowest BCUT2D eigenvalue weighted by atomic mass is 9.92. The number of aryl methyl sites for hydroxylation is 1. The van der Waals surface area contributed by atoms with Crippen molar-refractivity contribution in [1.29, 1.82) is 0 Å². The van der Waals surface area contributed by atoms with E-state index in [2.05, 4.69) is 26.1 Å².